The summed E-state index contributed by atoms with van der Waals surface area (Å²) in [6, 6.07) is 5.31. The number of hydrogen-bond donors (Lipinski definition) is 0. The zero-order valence-electron chi connectivity index (χ0n) is 8.87. The molecule has 0 aromatic heterocycles. The van der Waals surface area contributed by atoms with E-state index in [-0.39, 0.29) is 0 Å². The lowest BCUT2D eigenvalue weighted by Crippen LogP contribution is -1.95. The zero-order valence-corrected chi connectivity index (χ0v) is 10.4. The van der Waals surface area contributed by atoms with Gasteiger partial charge in [0.1, 0.15) is 5.75 Å². The predicted octanol–water partition coefficient (Wildman–Crippen LogP) is 3.91. The van der Waals surface area contributed by atoms with E-state index < -0.39 is 5.24 Å². The number of benzene rings is 1. The third-order valence-electron chi connectivity index (χ3n) is 1.82. The fraction of sp³-hybridized carbons (Fsp3) is 0.250. The third-order valence-corrected chi connectivity index (χ3v) is 2.25. The first-order valence-corrected chi connectivity index (χ1v) is 5.69. The van der Waals surface area contributed by atoms with E-state index in [4.69, 9.17) is 27.9 Å². The molecule has 0 saturated carbocycles. The lowest BCUT2D eigenvalue weighted by Gasteiger charge is -2.06. The van der Waals surface area contributed by atoms with Crippen molar-refractivity contribution in [1.82, 2.24) is 0 Å². The highest BCUT2D eigenvalue weighted by atomic mass is 35.5. The van der Waals surface area contributed by atoms with Gasteiger partial charge >= 0.3 is 0 Å². The molecule has 4 heteroatoms. The Bertz CT molecular complexity index is 400. The van der Waals surface area contributed by atoms with Crippen LogP contribution in [0.1, 0.15) is 18.9 Å². The van der Waals surface area contributed by atoms with Crippen LogP contribution in [0.15, 0.2) is 24.3 Å². The molecule has 1 aromatic carbocycles. The molecule has 0 radical (unpaired) electrons. The summed E-state index contributed by atoms with van der Waals surface area (Å²) in [4.78, 5) is 10.5. The largest absolute Gasteiger partial charge is 0.492 e. The number of rotatable bonds is 5. The monoisotopic (exact) mass is 258 g/mol. The highest BCUT2D eigenvalue weighted by Gasteiger charge is 2.01. The van der Waals surface area contributed by atoms with Crippen molar-refractivity contribution in [3.05, 3.63) is 34.9 Å². The maximum Gasteiger partial charge on any atom is 0.245 e. The van der Waals surface area contributed by atoms with Crippen molar-refractivity contribution in [3.8, 4) is 5.75 Å². The minimum atomic E-state index is -0.512. The Labute approximate surface area is 105 Å². The van der Waals surface area contributed by atoms with E-state index in [1.807, 2.05) is 13.0 Å². The van der Waals surface area contributed by atoms with Gasteiger partial charge in [-0.05, 0) is 41.8 Å². The fourth-order valence-corrected chi connectivity index (χ4v) is 1.42. The molecule has 0 atom stereocenters. The van der Waals surface area contributed by atoms with Crippen molar-refractivity contribution in [1.29, 1.82) is 0 Å². The van der Waals surface area contributed by atoms with E-state index in [0.717, 1.165) is 12.0 Å². The first-order chi connectivity index (χ1) is 7.63. The second kappa shape index (κ2) is 6.56. The number of carbonyl (C=O) groups is 1. The average Bonchev–Trinajstić information content (AvgIpc) is 2.25. The number of ether oxygens (including phenoxy) is 1. The lowest BCUT2D eigenvalue weighted by molar-refractivity contribution is -0.107. The van der Waals surface area contributed by atoms with Gasteiger partial charge in [-0.2, -0.15) is 0 Å². The Hall–Kier alpha value is -0.990. The van der Waals surface area contributed by atoms with Crippen molar-refractivity contribution >= 4 is 34.5 Å². The third kappa shape index (κ3) is 4.25. The smallest absolute Gasteiger partial charge is 0.245 e. The Morgan fingerprint density at radius 3 is 2.81 bits per heavy atom. The molecule has 0 aliphatic heterocycles. The molecule has 1 aromatic rings. The summed E-state index contributed by atoms with van der Waals surface area (Å²) in [6.07, 6.45) is 3.81. The van der Waals surface area contributed by atoms with E-state index in [1.54, 1.807) is 18.2 Å². The number of allylic oxidation sites excluding steroid dienone is 1. The summed E-state index contributed by atoms with van der Waals surface area (Å²) in [7, 11) is 0. The van der Waals surface area contributed by atoms with Gasteiger partial charge in [0, 0.05) is 0 Å². The van der Waals surface area contributed by atoms with Gasteiger partial charge in [0.05, 0.1) is 11.6 Å². The van der Waals surface area contributed by atoms with Gasteiger partial charge in [0.15, 0.2) is 0 Å². The molecule has 0 N–H and O–H groups in total. The Kier molecular flexibility index (Phi) is 5.36. The standard InChI is InChI=1S/C12H12Cl2O2/c1-2-7-16-11-5-3-9(8-10(11)13)4-6-12(14)15/h3-6,8H,2,7H2,1H3. The molecule has 2 nitrogen and oxygen atoms in total. The van der Waals surface area contributed by atoms with Crippen LogP contribution in [-0.2, 0) is 4.79 Å². The van der Waals surface area contributed by atoms with Gasteiger partial charge in [0.25, 0.3) is 0 Å². The quantitative estimate of drug-likeness (QED) is 0.592. The molecular weight excluding hydrogens is 247 g/mol. The SMILES string of the molecule is CCCOc1ccc(C=CC(=O)Cl)cc1Cl. The van der Waals surface area contributed by atoms with Gasteiger partial charge in [-0.15, -0.1) is 0 Å². The van der Waals surface area contributed by atoms with Crippen molar-refractivity contribution in [2.75, 3.05) is 6.61 Å². The van der Waals surface area contributed by atoms with Crippen LogP contribution in [0.5, 0.6) is 5.75 Å². The zero-order chi connectivity index (χ0) is 12.0. The van der Waals surface area contributed by atoms with Gasteiger partial charge in [-0.3, -0.25) is 4.79 Å². The molecule has 0 aliphatic carbocycles. The molecule has 0 unspecified atom stereocenters. The van der Waals surface area contributed by atoms with Crippen LogP contribution >= 0.6 is 23.2 Å². The predicted molar refractivity (Wildman–Crippen MR) is 67.1 cm³/mol. The first kappa shape index (κ1) is 13.1. The molecule has 0 saturated heterocycles. The number of halogens is 2. The number of carbonyl (C=O) groups excluding carboxylic acids is 1. The summed E-state index contributed by atoms with van der Waals surface area (Å²) in [6.45, 7) is 2.66. The molecule has 0 amide bonds. The summed E-state index contributed by atoms with van der Waals surface area (Å²) < 4.78 is 5.42. The van der Waals surface area contributed by atoms with Crippen LogP contribution in [-0.4, -0.2) is 11.8 Å². The second-order valence-electron chi connectivity index (χ2n) is 3.18. The van der Waals surface area contributed by atoms with Crippen LogP contribution in [0.3, 0.4) is 0 Å². The fourth-order valence-electron chi connectivity index (χ4n) is 1.11. The highest BCUT2D eigenvalue weighted by molar-refractivity contribution is 6.66. The van der Waals surface area contributed by atoms with E-state index in [1.165, 1.54) is 6.08 Å². The summed E-state index contributed by atoms with van der Waals surface area (Å²) in [5.41, 5.74) is 0.808. The van der Waals surface area contributed by atoms with Gasteiger partial charge in [-0.25, -0.2) is 0 Å². The highest BCUT2D eigenvalue weighted by Crippen LogP contribution is 2.26. The summed E-state index contributed by atoms with van der Waals surface area (Å²) >= 11 is 11.2. The van der Waals surface area contributed by atoms with Crippen LogP contribution < -0.4 is 4.74 Å². The average molecular weight is 259 g/mol. The van der Waals surface area contributed by atoms with Crippen LogP contribution in [0.25, 0.3) is 6.08 Å². The van der Waals surface area contributed by atoms with E-state index in [2.05, 4.69) is 0 Å². The molecule has 16 heavy (non-hydrogen) atoms. The molecule has 0 heterocycles. The van der Waals surface area contributed by atoms with Gasteiger partial charge in [-0.1, -0.05) is 30.7 Å². The minimum absolute atomic E-state index is 0.512. The van der Waals surface area contributed by atoms with Crippen molar-refractivity contribution < 1.29 is 9.53 Å². The maximum absolute atomic E-state index is 10.5. The minimum Gasteiger partial charge on any atom is -0.492 e. The number of hydrogen-bond acceptors (Lipinski definition) is 2. The summed E-state index contributed by atoms with van der Waals surface area (Å²) in [5.74, 6) is 0.651. The first-order valence-electron chi connectivity index (χ1n) is 4.93. The second-order valence-corrected chi connectivity index (χ2v) is 3.96. The molecule has 86 valence electrons. The Balaban J connectivity index is 2.78. The molecule has 0 aliphatic rings. The van der Waals surface area contributed by atoms with Crippen molar-refractivity contribution in [3.63, 3.8) is 0 Å². The molecule has 0 fully saturated rings. The maximum atomic E-state index is 10.5. The summed E-state index contributed by atoms with van der Waals surface area (Å²) in [5, 5.41) is 0.0139. The van der Waals surface area contributed by atoms with Crippen LogP contribution in [0.4, 0.5) is 0 Å². The Morgan fingerprint density at radius 1 is 1.50 bits per heavy atom. The van der Waals surface area contributed by atoms with Gasteiger partial charge < -0.3 is 4.74 Å². The molecule has 1 rings (SSSR count). The topological polar surface area (TPSA) is 26.3 Å². The molecular formula is C12H12Cl2O2. The van der Waals surface area contributed by atoms with Gasteiger partial charge in [0.2, 0.25) is 5.24 Å². The molecule has 0 spiro atoms. The Morgan fingerprint density at radius 2 is 2.25 bits per heavy atom. The van der Waals surface area contributed by atoms with E-state index in [9.17, 15) is 4.79 Å². The lowest BCUT2D eigenvalue weighted by atomic mass is 10.2. The molecule has 0 bridgehead atoms. The van der Waals surface area contributed by atoms with Crippen LogP contribution in [0.2, 0.25) is 5.02 Å². The van der Waals surface area contributed by atoms with E-state index >= 15 is 0 Å². The van der Waals surface area contributed by atoms with Crippen LogP contribution in [0, 0.1) is 0 Å². The van der Waals surface area contributed by atoms with Crippen molar-refractivity contribution in [2.24, 2.45) is 0 Å². The van der Waals surface area contributed by atoms with E-state index in [0.29, 0.717) is 17.4 Å². The normalized spacial score (nSPS) is 10.7. The van der Waals surface area contributed by atoms with Crippen molar-refractivity contribution in [2.45, 2.75) is 13.3 Å².